The summed E-state index contributed by atoms with van der Waals surface area (Å²) in [6.07, 6.45) is 4.80. The van der Waals surface area contributed by atoms with Gasteiger partial charge in [0.05, 0.1) is 11.7 Å². The van der Waals surface area contributed by atoms with Crippen molar-refractivity contribution < 1.29 is 10.2 Å². The predicted octanol–water partition coefficient (Wildman–Crippen LogP) is 0.747. The van der Waals surface area contributed by atoms with Gasteiger partial charge in [-0.25, -0.2) is 0 Å². The summed E-state index contributed by atoms with van der Waals surface area (Å²) < 4.78 is 0. The molecule has 1 aliphatic carbocycles. The van der Waals surface area contributed by atoms with Crippen LogP contribution in [0.5, 0.6) is 0 Å². The number of rotatable bonds is 1. The molecular formula is C11H21NO2. The van der Waals surface area contributed by atoms with Gasteiger partial charge in [-0.15, -0.1) is 0 Å². The lowest BCUT2D eigenvalue weighted by molar-refractivity contribution is -0.0316. The maximum Gasteiger partial charge on any atom is 0.0695 e. The molecule has 0 bridgehead atoms. The molecule has 1 saturated carbocycles. The van der Waals surface area contributed by atoms with Crippen LogP contribution in [0.1, 0.15) is 39.0 Å². The molecule has 3 heteroatoms. The Hall–Kier alpha value is -0.120. The molecule has 0 aromatic rings. The molecule has 2 rings (SSSR count). The summed E-state index contributed by atoms with van der Waals surface area (Å²) in [6.45, 7) is 3.79. The average Bonchev–Trinajstić information content (AvgIpc) is 2.52. The van der Waals surface area contributed by atoms with E-state index in [9.17, 15) is 10.2 Å². The second-order valence-electron chi connectivity index (χ2n) is 5.10. The molecule has 1 heterocycles. The highest BCUT2D eigenvalue weighted by Gasteiger charge is 2.35. The fourth-order valence-corrected chi connectivity index (χ4v) is 2.68. The molecule has 1 saturated heterocycles. The van der Waals surface area contributed by atoms with Crippen LogP contribution in [0, 0.1) is 0 Å². The van der Waals surface area contributed by atoms with Crippen LogP contribution < -0.4 is 0 Å². The van der Waals surface area contributed by atoms with Crippen LogP contribution in [0.4, 0.5) is 0 Å². The molecule has 2 fully saturated rings. The van der Waals surface area contributed by atoms with E-state index in [2.05, 4.69) is 4.90 Å². The third kappa shape index (κ3) is 2.10. The van der Waals surface area contributed by atoms with Gasteiger partial charge in [-0.3, -0.25) is 4.90 Å². The number of likely N-dealkylation sites (tertiary alicyclic amines) is 1. The Kier molecular flexibility index (Phi) is 2.82. The van der Waals surface area contributed by atoms with Crippen molar-refractivity contribution in [3.8, 4) is 0 Å². The summed E-state index contributed by atoms with van der Waals surface area (Å²) in [5, 5.41) is 19.6. The van der Waals surface area contributed by atoms with Crippen LogP contribution in [0.15, 0.2) is 0 Å². The molecule has 0 unspecified atom stereocenters. The summed E-state index contributed by atoms with van der Waals surface area (Å²) >= 11 is 0. The largest absolute Gasteiger partial charge is 0.391 e. The lowest BCUT2D eigenvalue weighted by Gasteiger charge is -2.39. The fraction of sp³-hybridized carbons (Fsp3) is 1.00. The van der Waals surface area contributed by atoms with Crippen molar-refractivity contribution in [1.29, 1.82) is 0 Å². The second-order valence-corrected chi connectivity index (χ2v) is 5.10. The van der Waals surface area contributed by atoms with E-state index in [-0.39, 0.29) is 6.10 Å². The first-order valence-corrected chi connectivity index (χ1v) is 5.73. The van der Waals surface area contributed by atoms with Gasteiger partial charge in [0.15, 0.2) is 0 Å². The summed E-state index contributed by atoms with van der Waals surface area (Å²) in [5.41, 5.74) is -0.472. The van der Waals surface area contributed by atoms with E-state index >= 15 is 0 Å². The van der Waals surface area contributed by atoms with Crippen molar-refractivity contribution in [3.63, 3.8) is 0 Å². The number of aliphatic hydroxyl groups excluding tert-OH is 1. The molecule has 1 aliphatic heterocycles. The fourth-order valence-electron chi connectivity index (χ4n) is 2.68. The molecule has 2 atom stereocenters. The lowest BCUT2D eigenvalue weighted by Crippen LogP contribution is -2.49. The molecule has 0 aromatic heterocycles. The highest BCUT2D eigenvalue weighted by molar-refractivity contribution is 4.90. The first kappa shape index (κ1) is 10.4. The van der Waals surface area contributed by atoms with Gasteiger partial charge in [0.25, 0.3) is 0 Å². The maximum atomic E-state index is 9.81. The summed E-state index contributed by atoms with van der Waals surface area (Å²) in [6, 6.07) is 0.367. The molecule has 0 radical (unpaired) electrons. The predicted molar refractivity (Wildman–Crippen MR) is 55.1 cm³/mol. The van der Waals surface area contributed by atoms with Gasteiger partial charge in [0, 0.05) is 19.1 Å². The summed E-state index contributed by atoms with van der Waals surface area (Å²) in [4.78, 5) is 2.36. The van der Waals surface area contributed by atoms with E-state index in [0.29, 0.717) is 6.04 Å². The minimum atomic E-state index is -0.472. The molecule has 0 spiro atoms. The first-order valence-electron chi connectivity index (χ1n) is 5.73. The van der Waals surface area contributed by atoms with Gasteiger partial charge in [-0.2, -0.15) is 0 Å². The number of hydrogen-bond acceptors (Lipinski definition) is 3. The molecular weight excluding hydrogens is 178 g/mol. The summed E-state index contributed by atoms with van der Waals surface area (Å²) in [5.74, 6) is 0. The zero-order valence-electron chi connectivity index (χ0n) is 8.95. The van der Waals surface area contributed by atoms with Crippen molar-refractivity contribution >= 4 is 0 Å². The SMILES string of the molecule is CC1(O)CCN([C@H]2CCC[C@@H]2O)CC1. The Bertz CT molecular complexity index is 195. The lowest BCUT2D eigenvalue weighted by atomic mass is 9.92. The van der Waals surface area contributed by atoms with E-state index < -0.39 is 5.60 Å². The van der Waals surface area contributed by atoms with Gasteiger partial charge in [-0.1, -0.05) is 0 Å². The standard InChI is InChI=1S/C11H21NO2/c1-11(14)5-7-12(8-6-11)9-3-2-4-10(9)13/h9-10,13-14H,2-8H2,1H3/t9-,10-/m0/s1. The van der Waals surface area contributed by atoms with Crippen LogP contribution in [0.2, 0.25) is 0 Å². The Balaban J connectivity index is 1.89. The Labute approximate surface area is 85.7 Å². The quantitative estimate of drug-likeness (QED) is 0.655. The highest BCUT2D eigenvalue weighted by Crippen LogP contribution is 2.29. The molecule has 2 N–H and O–H groups in total. The van der Waals surface area contributed by atoms with Gasteiger partial charge in [0.1, 0.15) is 0 Å². The van der Waals surface area contributed by atoms with Gasteiger partial charge >= 0.3 is 0 Å². The minimum absolute atomic E-state index is 0.127. The molecule has 3 nitrogen and oxygen atoms in total. The monoisotopic (exact) mass is 199 g/mol. The molecule has 82 valence electrons. The maximum absolute atomic E-state index is 9.81. The Morgan fingerprint density at radius 2 is 1.86 bits per heavy atom. The zero-order chi connectivity index (χ0) is 10.2. The Morgan fingerprint density at radius 1 is 1.21 bits per heavy atom. The van der Waals surface area contributed by atoms with Crippen molar-refractivity contribution in [2.75, 3.05) is 13.1 Å². The van der Waals surface area contributed by atoms with Gasteiger partial charge in [0.2, 0.25) is 0 Å². The van der Waals surface area contributed by atoms with Crippen LogP contribution in [0.3, 0.4) is 0 Å². The zero-order valence-corrected chi connectivity index (χ0v) is 8.95. The topological polar surface area (TPSA) is 43.7 Å². The van der Waals surface area contributed by atoms with Crippen LogP contribution in [-0.4, -0.2) is 45.9 Å². The van der Waals surface area contributed by atoms with Gasteiger partial charge < -0.3 is 10.2 Å². The van der Waals surface area contributed by atoms with Crippen molar-refractivity contribution in [3.05, 3.63) is 0 Å². The molecule has 0 amide bonds. The molecule has 14 heavy (non-hydrogen) atoms. The van der Waals surface area contributed by atoms with Crippen molar-refractivity contribution in [1.82, 2.24) is 4.90 Å². The normalized spacial score (nSPS) is 38.8. The molecule has 0 aromatic carbocycles. The van der Waals surface area contributed by atoms with E-state index in [1.165, 1.54) is 0 Å². The van der Waals surface area contributed by atoms with E-state index in [4.69, 9.17) is 0 Å². The van der Waals surface area contributed by atoms with Crippen LogP contribution >= 0.6 is 0 Å². The third-order valence-corrected chi connectivity index (χ3v) is 3.79. The highest BCUT2D eigenvalue weighted by atomic mass is 16.3. The van der Waals surface area contributed by atoms with Gasteiger partial charge in [-0.05, 0) is 39.0 Å². The molecule has 2 aliphatic rings. The number of piperidine rings is 1. The third-order valence-electron chi connectivity index (χ3n) is 3.79. The first-order chi connectivity index (χ1) is 6.58. The van der Waals surface area contributed by atoms with Crippen LogP contribution in [-0.2, 0) is 0 Å². The number of hydrogen-bond donors (Lipinski definition) is 2. The number of aliphatic hydroxyl groups is 2. The van der Waals surface area contributed by atoms with E-state index in [0.717, 1.165) is 45.2 Å². The van der Waals surface area contributed by atoms with E-state index in [1.54, 1.807) is 0 Å². The average molecular weight is 199 g/mol. The number of nitrogens with zero attached hydrogens (tertiary/aromatic N) is 1. The second kappa shape index (κ2) is 3.80. The summed E-state index contributed by atoms with van der Waals surface area (Å²) in [7, 11) is 0. The van der Waals surface area contributed by atoms with Crippen LogP contribution in [0.25, 0.3) is 0 Å². The van der Waals surface area contributed by atoms with E-state index in [1.807, 2.05) is 6.92 Å². The van der Waals surface area contributed by atoms with Crippen molar-refractivity contribution in [2.24, 2.45) is 0 Å². The van der Waals surface area contributed by atoms with Crippen molar-refractivity contribution in [2.45, 2.75) is 56.8 Å². The smallest absolute Gasteiger partial charge is 0.0695 e. The minimum Gasteiger partial charge on any atom is -0.391 e. The Morgan fingerprint density at radius 3 is 2.36 bits per heavy atom.